The topological polar surface area (TPSA) is 51.1 Å². The van der Waals surface area contributed by atoms with Gasteiger partial charge in [-0.2, -0.15) is 5.01 Å². The van der Waals surface area contributed by atoms with Crippen molar-refractivity contribution in [2.45, 2.75) is 6.42 Å². The van der Waals surface area contributed by atoms with Gasteiger partial charge in [0.15, 0.2) is 0 Å². The fraction of sp³-hybridized carbons (Fsp3) is 0.273. The van der Waals surface area contributed by atoms with Gasteiger partial charge in [0.05, 0.1) is 19.9 Å². The molecule has 5 nitrogen and oxygen atoms in total. The van der Waals surface area contributed by atoms with Crippen molar-refractivity contribution in [1.82, 2.24) is 0 Å². The number of methoxy groups -OCH3 is 2. The van der Waals surface area contributed by atoms with Gasteiger partial charge in [0.1, 0.15) is 12.2 Å². The van der Waals surface area contributed by atoms with Crippen LogP contribution in [-0.2, 0) is 9.53 Å². The van der Waals surface area contributed by atoms with Crippen molar-refractivity contribution >= 4 is 17.5 Å². The van der Waals surface area contributed by atoms with Crippen molar-refractivity contribution < 1.29 is 14.3 Å². The molecule has 0 radical (unpaired) electrons. The Morgan fingerprint density at radius 3 is 2.38 bits per heavy atom. The smallest absolute Gasteiger partial charge is 0.256 e. The molecule has 0 spiro atoms. The van der Waals surface area contributed by atoms with Crippen LogP contribution in [-0.4, -0.2) is 26.0 Å². The minimum absolute atomic E-state index is 0.0954. The van der Waals surface area contributed by atoms with Gasteiger partial charge in [0, 0.05) is 0 Å². The standard InChI is InChI=1S/C11H12N2O3/c1-15-9-5-3-8(4-6-9)13-11(14)7-10(12-13)16-2/h3-6H,7H2,1-2H3. The van der Waals surface area contributed by atoms with E-state index in [1.165, 1.54) is 12.1 Å². The summed E-state index contributed by atoms with van der Waals surface area (Å²) < 4.78 is 9.98. The number of nitrogens with zero attached hydrogens (tertiary/aromatic N) is 2. The summed E-state index contributed by atoms with van der Waals surface area (Å²) in [6.07, 6.45) is 0.211. The lowest BCUT2D eigenvalue weighted by Gasteiger charge is -2.11. The second kappa shape index (κ2) is 4.22. The van der Waals surface area contributed by atoms with E-state index in [0.29, 0.717) is 11.6 Å². The van der Waals surface area contributed by atoms with Crippen LogP contribution in [0.5, 0.6) is 5.75 Å². The first-order chi connectivity index (χ1) is 7.74. The van der Waals surface area contributed by atoms with Crippen LogP contribution >= 0.6 is 0 Å². The third kappa shape index (κ3) is 1.84. The lowest BCUT2D eigenvalue weighted by molar-refractivity contribution is -0.117. The van der Waals surface area contributed by atoms with Crippen molar-refractivity contribution in [3.05, 3.63) is 24.3 Å². The molecule has 5 heteroatoms. The van der Waals surface area contributed by atoms with Crippen molar-refractivity contribution in [2.24, 2.45) is 5.10 Å². The number of carbonyl (C=O) groups is 1. The zero-order chi connectivity index (χ0) is 11.5. The lowest BCUT2D eigenvalue weighted by Crippen LogP contribution is -2.19. The van der Waals surface area contributed by atoms with Crippen molar-refractivity contribution in [3.8, 4) is 5.75 Å². The molecule has 0 N–H and O–H groups in total. The Labute approximate surface area is 93.3 Å². The van der Waals surface area contributed by atoms with Crippen LogP contribution in [0.3, 0.4) is 0 Å². The maximum Gasteiger partial charge on any atom is 0.256 e. The monoisotopic (exact) mass is 220 g/mol. The van der Waals surface area contributed by atoms with Gasteiger partial charge in [-0.3, -0.25) is 4.79 Å². The molecule has 0 fully saturated rings. The summed E-state index contributed by atoms with van der Waals surface area (Å²) in [5, 5.41) is 5.38. The summed E-state index contributed by atoms with van der Waals surface area (Å²) in [6.45, 7) is 0. The highest BCUT2D eigenvalue weighted by Crippen LogP contribution is 2.23. The van der Waals surface area contributed by atoms with Gasteiger partial charge in [-0.25, -0.2) is 0 Å². The number of hydrogen-bond acceptors (Lipinski definition) is 4. The highest BCUT2D eigenvalue weighted by Gasteiger charge is 2.25. The van der Waals surface area contributed by atoms with Gasteiger partial charge in [-0.15, -0.1) is 5.10 Å². The van der Waals surface area contributed by atoms with E-state index in [4.69, 9.17) is 9.47 Å². The van der Waals surface area contributed by atoms with E-state index in [-0.39, 0.29) is 12.3 Å². The summed E-state index contributed by atoms with van der Waals surface area (Å²) >= 11 is 0. The molecule has 1 aliphatic rings. The van der Waals surface area contributed by atoms with E-state index in [1.807, 2.05) is 0 Å². The number of amides is 1. The quantitative estimate of drug-likeness (QED) is 0.756. The lowest BCUT2D eigenvalue weighted by atomic mass is 10.3. The van der Waals surface area contributed by atoms with Crippen LogP contribution in [0.1, 0.15) is 6.42 Å². The third-order valence-electron chi connectivity index (χ3n) is 2.30. The second-order valence-corrected chi connectivity index (χ2v) is 3.28. The highest BCUT2D eigenvalue weighted by atomic mass is 16.5. The van der Waals surface area contributed by atoms with Crippen molar-refractivity contribution in [2.75, 3.05) is 19.2 Å². The number of ether oxygens (including phenoxy) is 2. The first-order valence-corrected chi connectivity index (χ1v) is 4.83. The van der Waals surface area contributed by atoms with Gasteiger partial charge in [-0.05, 0) is 24.3 Å². The summed E-state index contributed by atoms with van der Waals surface area (Å²) in [5.74, 6) is 1.08. The van der Waals surface area contributed by atoms with E-state index in [9.17, 15) is 4.79 Å². The molecule has 1 aromatic carbocycles. The molecule has 0 atom stereocenters. The van der Waals surface area contributed by atoms with Gasteiger partial charge < -0.3 is 9.47 Å². The molecular formula is C11H12N2O3. The summed E-state index contributed by atoms with van der Waals surface area (Å²) in [5.41, 5.74) is 0.706. The van der Waals surface area contributed by atoms with Crippen LogP contribution in [0.4, 0.5) is 5.69 Å². The number of rotatable bonds is 2. The van der Waals surface area contributed by atoms with Crippen LogP contribution in [0.2, 0.25) is 0 Å². The Balaban J connectivity index is 2.23. The molecule has 2 rings (SSSR count). The molecular weight excluding hydrogens is 208 g/mol. The summed E-state index contributed by atoms with van der Waals surface area (Å²) in [7, 11) is 3.10. The number of hydrogen-bond donors (Lipinski definition) is 0. The Morgan fingerprint density at radius 2 is 1.88 bits per heavy atom. The van der Waals surface area contributed by atoms with Crippen LogP contribution in [0.15, 0.2) is 29.4 Å². The fourth-order valence-corrected chi connectivity index (χ4v) is 1.45. The maximum atomic E-state index is 11.6. The Morgan fingerprint density at radius 1 is 1.19 bits per heavy atom. The van der Waals surface area contributed by atoms with E-state index in [0.717, 1.165) is 5.75 Å². The minimum Gasteiger partial charge on any atom is -0.497 e. The largest absolute Gasteiger partial charge is 0.497 e. The molecule has 84 valence electrons. The molecule has 1 amide bonds. The SMILES string of the molecule is COC1=NN(c2ccc(OC)cc2)C(=O)C1. The fourth-order valence-electron chi connectivity index (χ4n) is 1.45. The average molecular weight is 220 g/mol. The second-order valence-electron chi connectivity index (χ2n) is 3.28. The predicted octanol–water partition coefficient (Wildman–Crippen LogP) is 1.39. The normalized spacial score (nSPS) is 15.0. The molecule has 1 aliphatic heterocycles. The summed E-state index contributed by atoms with van der Waals surface area (Å²) in [4.78, 5) is 11.6. The van der Waals surface area contributed by atoms with Crippen LogP contribution in [0.25, 0.3) is 0 Å². The van der Waals surface area contributed by atoms with Gasteiger partial charge in [-0.1, -0.05) is 0 Å². The van der Waals surface area contributed by atoms with Crippen LogP contribution < -0.4 is 9.75 Å². The molecule has 0 aliphatic carbocycles. The molecule has 0 bridgehead atoms. The number of hydrazone groups is 1. The van der Waals surface area contributed by atoms with Crippen molar-refractivity contribution in [1.29, 1.82) is 0 Å². The number of benzene rings is 1. The Hall–Kier alpha value is -2.04. The van der Waals surface area contributed by atoms with Gasteiger partial charge >= 0.3 is 0 Å². The highest BCUT2D eigenvalue weighted by molar-refractivity contribution is 6.10. The van der Waals surface area contributed by atoms with Crippen molar-refractivity contribution in [3.63, 3.8) is 0 Å². The zero-order valence-corrected chi connectivity index (χ0v) is 9.14. The van der Waals surface area contributed by atoms with Crippen LogP contribution in [0, 0.1) is 0 Å². The first-order valence-electron chi connectivity index (χ1n) is 4.83. The Kier molecular flexibility index (Phi) is 2.76. The zero-order valence-electron chi connectivity index (χ0n) is 9.14. The first kappa shape index (κ1) is 10.5. The minimum atomic E-state index is -0.0954. The molecule has 0 saturated carbocycles. The van der Waals surface area contributed by atoms with E-state index in [2.05, 4.69) is 5.10 Å². The molecule has 1 heterocycles. The van der Waals surface area contributed by atoms with Gasteiger partial charge in [0.25, 0.3) is 5.91 Å². The van der Waals surface area contributed by atoms with E-state index < -0.39 is 0 Å². The molecule has 0 aromatic heterocycles. The number of anilines is 1. The third-order valence-corrected chi connectivity index (χ3v) is 2.30. The maximum absolute atomic E-state index is 11.6. The molecule has 0 unspecified atom stereocenters. The molecule has 16 heavy (non-hydrogen) atoms. The Bertz CT molecular complexity index is 425. The average Bonchev–Trinajstić information content (AvgIpc) is 2.71. The van der Waals surface area contributed by atoms with Gasteiger partial charge in [0.2, 0.25) is 5.90 Å². The predicted molar refractivity (Wildman–Crippen MR) is 59.5 cm³/mol. The van der Waals surface area contributed by atoms with E-state index >= 15 is 0 Å². The van der Waals surface area contributed by atoms with E-state index in [1.54, 1.807) is 31.4 Å². The summed E-state index contributed by atoms with van der Waals surface area (Å²) in [6, 6.07) is 7.11. The molecule has 0 saturated heterocycles. The number of carbonyl (C=O) groups excluding carboxylic acids is 1. The molecule has 1 aromatic rings.